The van der Waals surface area contributed by atoms with Crippen LogP contribution in [0.15, 0.2) is 73.3 Å². The number of amides is 16. The van der Waals surface area contributed by atoms with Crippen LogP contribution in [0.3, 0.4) is 0 Å². The van der Waals surface area contributed by atoms with Crippen LogP contribution in [0.25, 0.3) is 10.9 Å². The number of rotatable bonds is 58. The van der Waals surface area contributed by atoms with Crippen LogP contribution in [-0.2, 0) is 112 Å². The van der Waals surface area contributed by atoms with Crippen LogP contribution in [-0.4, -0.2) is 296 Å². The molecule has 47 nitrogen and oxygen atoms in total. The fourth-order valence-electron chi connectivity index (χ4n) is 16.0. The Morgan fingerprint density at radius 3 is 1.88 bits per heavy atom. The van der Waals surface area contributed by atoms with Gasteiger partial charge in [0.1, 0.15) is 78.9 Å². The van der Waals surface area contributed by atoms with Gasteiger partial charge in [0.05, 0.1) is 51.1 Å². The first-order valence-electron chi connectivity index (χ1n) is 48.3. The van der Waals surface area contributed by atoms with E-state index in [-0.39, 0.29) is 141 Å². The zero-order valence-corrected chi connectivity index (χ0v) is 79.3. The number of unbranched alkanes of at least 4 members (excludes halogenated alkanes) is 13. The zero-order valence-electron chi connectivity index (χ0n) is 79.3. The van der Waals surface area contributed by atoms with Gasteiger partial charge in [0.15, 0.2) is 5.96 Å². The van der Waals surface area contributed by atoms with Crippen molar-refractivity contribution >= 4 is 111 Å². The molecule has 0 spiro atoms. The van der Waals surface area contributed by atoms with E-state index in [1.807, 2.05) is 12.1 Å². The lowest BCUT2D eigenvalue weighted by Crippen LogP contribution is -2.61. The van der Waals surface area contributed by atoms with E-state index in [0.29, 0.717) is 24.0 Å². The van der Waals surface area contributed by atoms with Gasteiger partial charge in [-0.3, -0.25) is 82.1 Å². The Bertz CT molecular complexity index is 4700. The number of nitrogens with one attached hydrogen (secondary N) is 18. The SMILES string of the molecule is CCCC[C@H](NC(=O)[C@H](CCCN)NC(=O)[C@H](Cc1c[nH]cn1)NC(=O)[C@H](CCC(N)=O)NC(=O)[C@H](CO)NC(=O)CNC(=O)COCCOCCNC(=O)CCCCCCCCCCCCCCCc1nnn[nH]1)C(=O)N[C@H]1CCC(=O)NCCCC[C@@H](C(N)=O)NC(=O)[C@H](Cc2c[nH]c3ccccc23)NC(=O)[C@H](CCCNC(=N)N)NC(=O)[C@@H](Cc2ccccc2)NC(=O)[C@@H]2C[C@@H](O)CN2C1=O. The van der Waals surface area contributed by atoms with Gasteiger partial charge in [-0.25, -0.2) is 10.1 Å². The Hall–Kier alpha value is -13.2. The number of aliphatic hydroxyl groups excluding tert-OH is 2. The third-order valence-corrected chi connectivity index (χ3v) is 23.7. The summed E-state index contributed by atoms with van der Waals surface area (Å²) in [6, 6.07) is -1.50. The molecule has 28 N–H and O–H groups in total. The first-order chi connectivity index (χ1) is 67.0. The Balaban J connectivity index is 0.966. The van der Waals surface area contributed by atoms with Gasteiger partial charge in [0.2, 0.25) is 94.5 Å². The highest BCUT2D eigenvalue weighted by Gasteiger charge is 2.44. The fraction of sp³-hybridized carbons (Fsp3) is 0.620. The molecular weight excluding hydrogens is 1800 g/mol. The summed E-state index contributed by atoms with van der Waals surface area (Å²) in [5, 5.41) is 80.8. The molecule has 0 aliphatic carbocycles. The number of fused-ring (bicyclic) bond motifs is 2. The number of benzene rings is 2. The molecule has 2 aromatic carbocycles. The highest BCUT2D eigenvalue weighted by Crippen LogP contribution is 2.25. The topological polar surface area (TPSA) is 731 Å². The van der Waals surface area contributed by atoms with Crippen molar-refractivity contribution < 1.29 is 96.4 Å². The third kappa shape index (κ3) is 42.8. The molecule has 2 fully saturated rings. The number of nitrogens with two attached hydrogens (primary N) is 4. The molecule has 0 radical (unpaired) electrons. The maximum absolute atomic E-state index is 15.4. The summed E-state index contributed by atoms with van der Waals surface area (Å²) in [7, 11) is 0. The average molecular weight is 1950 g/mol. The molecule has 3 aromatic heterocycles. The minimum Gasteiger partial charge on any atom is -0.394 e. The van der Waals surface area contributed by atoms with Gasteiger partial charge < -0.3 is 132 Å². The summed E-state index contributed by atoms with van der Waals surface area (Å²) < 4.78 is 10.9. The number of guanidine groups is 1. The molecule has 7 rings (SSSR count). The number of para-hydroxylation sites is 1. The van der Waals surface area contributed by atoms with Gasteiger partial charge in [0, 0.05) is 101 Å². The van der Waals surface area contributed by atoms with Crippen molar-refractivity contribution in [3.05, 3.63) is 96.0 Å². The quantitative estimate of drug-likeness (QED) is 0.0106. The van der Waals surface area contributed by atoms with E-state index in [4.69, 9.17) is 37.8 Å². The zero-order chi connectivity index (χ0) is 101. The van der Waals surface area contributed by atoms with Gasteiger partial charge in [-0.2, -0.15) is 0 Å². The van der Waals surface area contributed by atoms with Crippen LogP contribution >= 0.6 is 0 Å². The lowest BCUT2D eigenvalue weighted by atomic mass is 10.0. The maximum Gasteiger partial charge on any atom is 0.246 e. The lowest BCUT2D eigenvalue weighted by molar-refractivity contribution is -0.143. The summed E-state index contributed by atoms with van der Waals surface area (Å²) >= 11 is 0. The number of carbonyl (C=O) groups is 16. The van der Waals surface area contributed by atoms with Crippen molar-refractivity contribution in [3.8, 4) is 0 Å². The number of aromatic amines is 3. The first kappa shape index (κ1) is 113. The molecule has 766 valence electrons. The van der Waals surface area contributed by atoms with E-state index in [0.717, 1.165) is 60.2 Å². The molecule has 139 heavy (non-hydrogen) atoms. The Morgan fingerprint density at radius 2 is 1.22 bits per heavy atom. The van der Waals surface area contributed by atoms with E-state index < -0.39 is 220 Å². The molecule has 16 amide bonds. The Kier molecular flexibility index (Phi) is 51.4. The molecule has 12 atom stereocenters. The van der Waals surface area contributed by atoms with Gasteiger partial charge in [-0.15, -0.1) is 5.10 Å². The number of tetrazole rings is 1. The second kappa shape index (κ2) is 63.4. The van der Waals surface area contributed by atoms with E-state index >= 15 is 19.2 Å². The van der Waals surface area contributed by atoms with Crippen LogP contribution in [0.4, 0.5) is 0 Å². The van der Waals surface area contributed by atoms with Crippen LogP contribution in [0.2, 0.25) is 0 Å². The van der Waals surface area contributed by atoms with Crippen molar-refractivity contribution in [2.75, 3.05) is 72.3 Å². The molecule has 0 unspecified atom stereocenters. The van der Waals surface area contributed by atoms with Gasteiger partial charge in [0.25, 0.3) is 0 Å². The third-order valence-electron chi connectivity index (χ3n) is 23.7. The highest BCUT2D eigenvalue weighted by molar-refractivity contribution is 6.01. The largest absolute Gasteiger partial charge is 0.394 e. The summed E-state index contributed by atoms with van der Waals surface area (Å²) in [6.45, 7) is -0.373. The first-order valence-corrected chi connectivity index (χ1v) is 48.3. The predicted octanol–water partition coefficient (Wildman–Crippen LogP) is -2.77. The van der Waals surface area contributed by atoms with Crippen molar-refractivity contribution in [1.82, 2.24) is 115 Å². The second-order valence-electron chi connectivity index (χ2n) is 34.9. The number of aryl methyl sites for hydroxylation is 1. The summed E-state index contributed by atoms with van der Waals surface area (Å²) in [4.78, 5) is 237. The van der Waals surface area contributed by atoms with Crippen LogP contribution in [0.5, 0.6) is 0 Å². The number of nitrogens with zero attached hydrogens (tertiary/aromatic N) is 5. The molecule has 2 aliphatic heterocycles. The molecule has 5 heterocycles. The van der Waals surface area contributed by atoms with E-state index in [9.17, 15) is 67.7 Å². The number of carbonyl (C=O) groups excluding carboxylic acids is 16. The van der Waals surface area contributed by atoms with E-state index in [2.05, 4.69) is 110 Å². The second-order valence-corrected chi connectivity index (χ2v) is 34.9. The van der Waals surface area contributed by atoms with Crippen LogP contribution in [0, 0.1) is 5.41 Å². The van der Waals surface area contributed by atoms with Gasteiger partial charge >= 0.3 is 0 Å². The van der Waals surface area contributed by atoms with Crippen molar-refractivity contribution in [2.24, 2.45) is 22.9 Å². The number of aliphatic hydroxyl groups is 2. The maximum atomic E-state index is 15.4. The van der Waals surface area contributed by atoms with Crippen molar-refractivity contribution in [2.45, 2.75) is 291 Å². The Morgan fingerprint density at radius 1 is 0.597 bits per heavy atom. The number of H-pyrrole nitrogens is 3. The monoisotopic (exact) mass is 1950 g/mol. The molecule has 2 saturated heterocycles. The molecule has 0 saturated carbocycles. The molecular formula is C92H143N27O20. The predicted molar refractivity (Wildman–Crippen MR) is 508 cm³/mol. The molecule has 47 heteroatoms. The number of primary amides is 2. The number of ether oxygens (including phenoxy) is 2. The number of hydrogen-bond acceptors (Lipinski definition) is 26. The standard InChI is InChI=1S/C92H143N27O20/c1-2-3-29-65(83(129)111-69-37-39-78(124)99-41-23-22-31-64(81(95)127)106-87(133)71(48-59-51-102-63-30-21-20-28-62(59)63)112-84(130)67(33-25-42-101-92(96)97)109-86(132)70(47-58-26-16-15-17-27-58)114-90(136)74-50-61(121)54-119(74)91(69)137)107-82(128)66(32-24-40-93)108-88(134)72(49-60-52-98-57-104-60)113-85(131)68(36-38-75(94)122)110-89(135)73(55-120)105-79(125)53-103-80(126)56-139-46-45-138-44-43-100-77(123)35-19-14-12-10-8-6-4-5-7-9-11-13-18-34-76-115-117-118-116-76/h15-17,20-21,26-28,30,51-52,57,61,64-74,102,120-121H,2-14,18-19,22-25,29,31-50,53-56,93H2,1H3,(H2,94,122)(H2,95,127)(H,98,104)(H,99,124)(H,100,123)(H,103,126)(H,105,125)(H,106,133)(H,107,128)(H,108,134)(H,109,132)(H,110,135)(H,111,129)(H,112,130)(H,113,131)(H,114,136)(H4,96,97,101)(H,115,116,117,118)/t61-,64+,65+,66+,67+,68+,69+,70-,71+,72+,73+,74+/m1/s1. The molecule has 5 aromatic rings. The lowest BCUT2D eigenvalue weighted by Gasteiger charge is -2.31. The van der Waals surface area contributed by atoms with Crippen LogP contribution < -0.4 is 97.4 Å². The van der Waals surface area contributed by atoms with Gasteiger partial charge in [-0.05, 0) is 111 Å². The normalized spacial score (nSPS) is 18.6. The average Bonchev–Trinajstić information content (AvgIpc) is 1.67. The van der Waals surface area contributed by atoms with Gasteiger partial charge in [-0.1, -0.05) is 139 Å². The minimum absolute atomic E-state index is 0.0105. The van der Waals surface area contributed by atoms with Crippen molar-refractivity contribution in [1.29, 1.82) is 5.41 Å². The summed E-state index contributed by atoms with van der Waals surface area (Å²) in [5.74, 6) is -13.5. The van der Waals surface area contributed by atoms with E-state index in [1.165, 1.54) is 63.9 Å². The summed E-state index contributed by atoms with van der Waals surface area (Å²) in [6.07, 6.45) is 16.9. The highest BCUT2D eigenvalue weighted by atomic mass is 16.5. The van der Waals surface area contributed by atoms with Crippen LogP contribution in [0.1, 0.15) is 216 Å². The number of imidazole rings is 1. The minimum atomic E-state index is -1.76. The number of hydrogen-bond donors (Lipinski definition) is 24. The van der Waals surface area contributed by atoms with E-state index in [1.54, 1.807) is 55.6 Å². The number of aromatic nitrogens is 7. The smallest absolute Gasteiger partial charge is 0.246 e. The fourth-order valence-corrected chi connectivity index (χ4v) is 16.0. The van der Waals surface area contributed by atoms with Crippen molar-refractivity contribution in [3.63, 3.8) is 0 Å². The molecule has 2 aliphatic rings. The molecule has 0 bridgehead atoms. The summed E-state index contributed by atoms with van der Waals surface area (Å²) in [5.41, 5.74) is 25.0. The Labute approximate surface area is 807 Å².